The number of allylic oxidation sites excluding steroid dienone is 5. The number of ether oxygens (including phenoxy) is 4. The number of piperazine rings is 1. The molecule has 1 saturated heterocycles. The monoisotopic (exact) mass is 633 g/mol. The van der Waals surface area contributed by atoms with E-state index < -0.39 is 78.0 Å². The molecule has 46 heavy (non-hydrogen) atoms. The van der Waals surface area contributed by atoms with E-state index in [1.165, 1.54) is 28.1 Å². The average Bonchev–Trinajstić information content (AvgIpc) is 3.02. The molecule has 2 bridgehead atoms. The van der Waals surface area contributed by atoms with Crippen LogP contribution in [0.1, 0.15) is 41.0 Å². The highest BCUT2D eigenvalue weighted by molar-refractivity contribution is 6.26. The second-order valence-electron chi connectivity index (χ2n) is 11.9. The molecule has 0 radical (unpaired) electrons. The average molecular weight is 634 g/mol. The number of hydrogen-bond acceptors (Lipinski definition) is 13. The molecular weight excluding hydrogens is 598 g/mol. The molecule has 13 heteroatoms. The zero-order valence-electron chi connectivity index (χ0n) is 26.9. The van der Waals surface area contributed by atoms with Crippen molar-refractivity contribution in [2.45, 2.75) is 77.4 Å². The summed E-state index contributed by atoms with van der Waals surface area (Å²) < 4.78 is 22.1. The summed E-state index contributed by atoms with van der Waals surface area (Å²) in [6.45, 7) is 6.89. The molecule has 6 atom stereocenters. The summed E-state index contributed by atoms with van der Waals surface area (Å²) in [5.41, 5.74) is 0.592. The number of nitriles is 1. The molecule has 0 unspecified atom stereocenters. The number of nitrogens with zero attached hydrogens (tertiary/aromatic N) is 3. The normalized spacial score (nSPS) is 30.1. The Labute approximate surface area is 265 Å². The van der Waals surface area contributed by atoms with Gasteiger partial charge in [0, 0.05) is 46.4 Å². The van der Waals surface area contributed by atoms with Gasteiger partial charge in [0.15, 0.2) is 23.1 Å². The fraction of sp³-hybridized carbons (Fsp3) is 0.485. The van der Waals surface area contributed by atoms with Crippen molar-refractivity contribution in [2.75, 3.05) is 27.9 Å². The fourth-order valence-electron chi connectivity index (χ4n) is 7.52. The molecule has 0 N–H and O–H groups in total. The number of fused-ring (bicyclic) bond motifs is 5. The topological polar surface area (TPSA) is 170 Å². The molecular formula is C33H35N3O10. The van der Waals surface area contributed by atoms with E-state index >= 15 is 0 Å². The van der Waals surface area contributed by atoms with Gasteiger partial charge in [-0.3, -0.25) is 33.8 Å². The van der Waals surface area contributed by atoms with Crippen LogP contribution in [0.5, 0.6) is 0 Å². The number of hydrogen-bond donors (Lipinski definition) is 0. The number of methoxy groups -OCH3 is 2. The maximum Gasteiger partial charge on any atom is 0.333 e. The highest BCUT2D eigenvalue weighted by Gasteiger charge is 2.63. The maximum atomic E-state index is 14.1. The SMILES string of the molecule is C/C=C(/C)C(=O)OC[C@H]1C2=C(C[C@H]3[C@H]4C5=C(C(=O)C(C)=C(OC)C5=O)[C@H](OC(C)=O)[C@@H]([C@H](C#N)N13)N4C)C(=O)C(C)=C(OC)C2=O. The number of rotatable bonds is 6. The predicted molar refractivity (Wildman–Crippen MR) is 158 cm³/mol. The van der Waals surface area contributed by atoms with Crippen LogP contribution in [0.25, 0.3) is 0 Å². The van der Waals surface area contributed by atoms with Gasteiger partial charge in [0.2, 0.25) is 11.6 Å². The van der Waals surface area contributed by atoms with E-state index in [-0.39, 0.29) is 51.4 Å². The van der Waals surface area contributed by atoms with Gasteiger partial charge in [-0.15, -0.1) is 0 Å². The number of carbonyl (C=O) groups excluding carboxylic acids is 6. The lowest BCUT2D eigenvalue weighted by Gasteiger charge is -2.61. The molecule has 0 aromatic rings. The van der Waals surface area contributed by atoms with E-state index in [1.807, 2.05) is 0 Å². The molecule has 1 fully saturated rings. The first-order valence-corrected chi connectivity index (χ1v) is 14.8. The second kappa shape index (κ2) is 11.9. The van der Waals surface area contributed by atoms with Crippen LogP contribution in [0.3, 0.4) is 0 Å². The van der Waals surface area contributed by atoms with E-state index in [0.29, 0.717) is 5.57 Å². The van der Waals surface area contributed by atoms with Gasteiger partial charge < -0.3 is 18.9 Å². The Morgan fingerprint density at radius 3 is 2.07 bits per heavy atom. The molecule has 2 aliphatic carbocycles. The highest BCUT2D eigenvalue weighted by atomic mass is 16.5. The smallest absolute Gasteiger partial charge is 0.333 e. The first-order valence-electron chi connectivity index (χ1n) is 14.8. The number of Topliss-reactive ketones (excluding diaryl/α,β-unsaturated/α-hetero) is 4. The Balaban J connectivity index is 1.78. The fourth-order valence-corrected chi connectivity index (χ4v) is 7.52. The summed E-state index contributed by atoms with van der Waals surface area (Å²) in [5, 5.41) is 10.8. The summed E-state index contributed by atoms with van der Waals surface area (Å²) in [4.78, 5) is 84.5. The zero-order valence-corrected chi connectivity index (χ0v) is 26.9. The summed E-state index contributed by atoms with van der Waals surface area (Å²) >= 11 is 0. The first kappa shape index (κ1) is 32.7. The van der Waals surface area contributed by atoms with Crippen LogP contribution in [0.2, 0.25) is 0 Å². The Hall–Kier alpha value is -4.67. The Kier molecular flexibility index (Phi) is 8.48. The first-order chi connectivity index (χ1) is 21.8. The molecule has 0 amide bonds. The van der Waals surface area contributed by atoms with Gasteiger partial charge >= 0.3 is 11.9 Å². The molecule has 0 spiro atoms. The molecule has 13 nitrogen and oxygen atoms in total. The maximum absolute atomic E-state index is 14.1. The van der Waals surface area contributed by atoms with Gasteiger partial charge in [-0.1, -0.05) is 6.08 Å². The minimum Gasteiger partial charge on any atom is -0.492 e. The van der Waals surface area contributed by atoms with Crippen LogP contribution in [0.4, 0.5) is 0 Å². The van der Waals surface area contributed by atoms with Crippen molar-refractivity contribution in [3.63, 3.8) is 0 Å². The molecule has 0 saturated carbocycles. The van der Waals surface area contributed by atoms with E-state index in [1.54, 1.807) is 36.8 Å². The van der Waals surface area contributed by atoms with E-state index in [4.69, 9.17) is 18.9 Å². The van der Waals surface area contributed by atoms with Gasteiger partial charge in [-0.25, -0.2) is 4.79 Å². The molecule has 242 valence electrons. The largest absolute Gasteiger partial charge is 0.492 e. The van der Waals surface area contributed by atoms with Crippen LogP contribution < -0.4 is 0 Å². The standard InChI is InChI=1S/C33H35N3O10/c1-9-13(2)33(42)45-12-20-21-17(26(38)14(3)30(43-7)28(21)40)10-18-24-22-23(27(39)15(4)31(44-8)29(22)41)32(46-16(5)37)25(35(24)6)19(11-34)36(18)20/h9,18-20,24-25,32H,10,12H2,1-8H3/b13-9-/t18-,19-,20-,24-,25+,32-/m0/s1. The van der Waals surface area contributed by atoms with E-state index in [2.05, 4.69) is 6.07 Å². The van der Waals surface area contributed by atoms with Crippen LogP contribution in [-0.4, -0.2) is 109 Å². The predicted octanol–water partition coefficient (Wildman–Crippen LogP) is 1.20. The summed E-state index contributed by atoms with van der Waals surface area (Å²) in [6, 6.07) is -2.75. The molecule has 3 aliphatic heterocycles. The van der Waals surface area contributed by atoms with Gasteiger partial charge in [0.05, 0.1) is 44.0 Å². The Bertz CT molecular complexity index is 1700. The van der Waals surface area contributed by atoms with Crippen molar-refractivity contribution in [3.05, 3.63) is 56.6 Å². The van der Waals surface area contributed by atoms with Gasteiger partial charge in [0.25, 0.3) is 0 Å². The van der Waals surface area contributed by atoms with Gasteiger partial charge in [-0.05, 0) is 41.2 Å². The van der Waals surface area contributed by atoms with Crippen molar-refractivity contribution in [1.82, 2.24) is 9.80 Å². The second-order valence-corrected chi connectivity index (χ2v) is 11.9. The zero-order chi connectivity index (χ0) is 33.9. The summed E-state index contributed by atoms with van der Waals surface area (Å²) in [7, 11) is 4.20. The summed E-state index contributed by atoms with van der Waals surface area (Å²) in [6.07, 6.45) is 0.146. The van der Waals surface area contributed by atoms with Crippen molar-refractivity contribution < 1.29 is 47.7 Å². The molecule has 5 aliphatic rings. The lowest BCUT2D eigenvalue weighted by Crippen LogP contribution is -2.77. The van der Waals surface area contributed by atoms with Crippen molar-refractivity contribution in [3.8, 4) is 6.07 Å². The number of esters is 2. The Morgan fingerprint density at radius 1 is 0.935 bits per heavy atom. The number of ketones is 4. The lowest BCUT2D eigenvalue weighted by atomic mass is 9.66. The third-order valence-corrected chi connectivity index (χ3v) is 9.66. The van der Waals surface area contributed by atoms with Crippen molar-refractivity contribution >= 4 is 35.1 Å². The van der Waals surface area contributed by atoms with Crippen molar-refractivity contribution in [2.24, 2.45) is 0 Å². The molecule has 3 heterocycles. The minimum absolute atomic E-state index is 0.0211. The molecule has 0 aromatic heterocycles. The third kappa shape index (κ3) is 4.58. The number of carbonyl (C=O) groups is 6. The van der Waals surface area contributed by atoms with E-state index in [0.717, 1.165) is 6.92 Å². The third-order valence-electron chi connectivity index (χ3n) is 9.66. The molecule has 5 rings (SSSR count). The van der Waals surface area contributed by atoms with Gasteiger partial charge in [-0.2, -0.15) is 5.26 Å². The van der Waals surface area contributed by atoms with Crippen LogP contribution in [-0.2, 0) is 47.7 Å². The summed E-state index contributed by atoms with van der Waals surface area (Å²) in [5.74, 6) is -3.91. The number of likely N-dealkylation sites (N-methyl/N-ethyl adjacent to an activating group) is 1. The van der Waals surface area contributed by atoms with Gasteiger partial charge in [0.1, 0.15) is 18.8 Å². The van der Waals surface area contributed by atoms with Crippen molar-refractivity contribution in [1.29, 1.82) is 5.26 Å². The lowest BCUT2D eigenvalue weighted by molar-refractivity contribution is -0.160. The van der Waals surface area contributed by atoms with E-state index in [9.17, 15) is 34.0 Å². The van der Waals surface area contributed by atoms with Crippen LogP contribution in [0.15, 0.2) is 56.6 Å². The minimum atomic E-state index is -1.34. The molecule has 0 aromatic carbocycles. The Morgan fingerprint density at radius 2 is 1.52 bits per heavy atom. The van der Waals surface area contributed by atoms with Crippen LogP contribution >= 0.6 is 0 Å². The van der Waals surface area contributed by atoms with Crippen LogP contribution in [0, 0.1) is 11.3 Å². The highest BCUT2D eigenvalue weighted by Crippen LogP contribution is 2.49. The quantitative estimate of drug-likeness (QED) is 0.232.